The summed E-state index contributed by atoms with van der Waals surface area (Å²) < 4.78 is 0. The van der Waals surface area contributed by atoms with E-state index in [0.29, 0.717) is 16.7 Å². The zero-order valence-corrected chi connectivity index (χ0v) is 15.1. The topological polar surface area (TPSA) is 32.3 Å². The third kappa shape index (κ3) is 2.94. The molecular weight excluding hydrogens is 284 g/mol. The highest BCUT2D eigenvalue weighted by Gasteiger charge is 2.62. The number of carbonyl (C=O) groups excluding carboxylic acids is 1. The molecule has 130 valence electrons. The Morgan fingerprint density at radius 3 is 2.26 bits per heavy atom. The third-order valence-electron chi connectivity index (χ3n) is 7.27. The van der Waals surface area contributed by atoms with Crippen molar-refractivity contribution in [3.8, 4) is 0 Å². The predicted molar refractivity (Wildman–Crippen MR) is 93.1 cm³/mol. The van der Waals surface area contributed by atoms with Gasteiger partial charge in [0.25, 0.3) is 0 Å². The van der Waals surface area contributed by atoms with Crippen LogP contribution in [-0.4, -0.2) is 37.0 Å². The lowest BCUT2D eigenvalue weighted by Gasteiger charge is -2.64. The summed E-state index contributed by atoms with van der Waals surface area (Å²) in [5.74, 6) is 1.19. The average molecular weight is 319 g/mol. The fourth-order valence-electron chi connectivity index (χ4n) is 7.40. The average Bonchev–Trinajstić information content (AvgIpc) is 2.44. The van der Waals surface area contributed by atoms with Gasteiger partial charge < -0.3 is 10.2 Å². The lowest BCUT2D eigenvalue weighted by molar-refractivity contribution is -0.170. The van der Waals surface area contributed by atoms with Gasteiger partial charge in [-0.3, -0.25) is 4.79 Å². The number of piperidine rings is 1. The molecule has 1 heterocycles. The van der Waals surface area contributed by atoms with Crippen molar-refractivity contribution in [3.63, 3.8) is 0 Å². The van der Waals surface area contributed by atoms with Crippen molar-refractivity contribution in [2.75, 3.05) is 26.2 Å². The summed E-state index contributed by atoms with van der Waals surface area (Å²) >= 11 is 0. The number of hydrogen-bond donors (Lipinski definition) is 1. The quantitative estimate of drug-likeness (QED) is 0.859. The van der Waals surface area contributed by atoms with Crippen LogP contribution in [0.1, 0.15) is 71.6 Å². The minimum absolute atomic E-state index is 0.0369. The van der Waals surface area contributed by atoms with Crippen molar-refractivity contribution in [1.29, 1.82) is 0 Å². The van der Waals surface area contributed by atoms with Gasteiger partial charge in [0.2, 0.25) is 5.91 Å². The lowest BCUT2D eigenvalue weighted by Crippen LogP contribution is -2.60. The van der Waals surface area contributed by atoms with Gasteiger partial charge >= 0.3 is 0 Å². The number of amides is 1. The predicted octanol–water partition coefficient (Wildman–Crippen LogP) is 3.59. The first-order valence-electron chi connectivity index (χ1n) is 9.91. The van der Waals surface area contributed by atoms with Gasteiger partial charge in [-0.05, 0) is 81.2 Å². The molecule has 3 heteroatoms. The molecule has 0 spiro atoms. The molecule has 23 heavy (non-hydrogen) atoms. The lowest BCUT2D eigenvalue weighted by atomic mass is 9.40. The van der Waals surface area contributed by atoms with E-state index in [1.165, 1.54) is 51.6 Å². The van der Waals surface area contributed by atoms with Gasteiger partial charge in [-0.25, -0.2) is 0 Å². The van der Waals surface area contributed by atoms with Crippen LogP contribution < -0.4 is 5.32 Å². The van der Waals surface area contributed by atoms with Gasteiger partial charge in [0, 0.05) is 13.1 Å². The highest BCUT2D eigenvalue weighted by molar-refractivity contribution is 5.83. The molecular formula is C20H34N2O. The molecule has 0 radical (unpaired) electrons. The van der Waals surface area contributed by atoms with Crippen molar-refractivity contribution >= 4 is 5.91 Å². The van der Waals surface area contributed by atoms with Crippen molar-refractivity contribution < 1.29 is 4.79 Å². The van der Waals surface area contributed by atoms with Gasteiger partial charge in [0.15, 0.2) is 0 Å². The van der Waals surface area contributed by atoms with Crippen LogP contribution in [0.3, 0.4) is 0 Å². The van der Waals surface area contributed by atoms with E-state index >= 15 is 0 Å². The molecule has 0 unspecified atom stereocenters. The van der Waals surface area contributed by atoms with Crippen LogP contribution in [0.25, 0.3) is 0 Å². The summed E-state index contributed by atoms with van der Waals surface area (Å²) in [6.07, 6.45) is 11.6. The van der Waals surface area contributed by atoms with Gasteiger partial charge in [0.1, 0.15) is 0 Å². The summed E-state index contributed by atoms with van der Waals surface area (Å²) in [7, 11) is 0. The number of rotatable bonds is 4. The molecule has 3 nitrogen and oxygen atoms in total. The molecule has 4 saturated carbocycles. The van der Waals surface area contributed by atoms with E-state index in [1.54, 1.807) is 0 Å². The molecule has 4 aliphatic carbocycles. The van der Waals surface area contributed by atoms with Crippen LogP contribution in [0.15, 0.2) is 0 Å². The number of likely N-dealkylation sites (tertiary alicyclic amines) is 1. The Morgan fingerprint density at radius 1 is 1.00 bits per heavy atom. The van der Waals surface area contributed by atoms with Gasteiger partial charge in [-0.15, -0.1) is 0 Å². The van der Waals surface area contributed by atoms with E-state index < -0.39 is 0 Å². The molecule has 1 saturated heterocycles. The zero-order chi connectivity index (χ0) is 16.1. The fraction of sp³-hybridized carbons (Fsp3) is 0.950. The SMILES string of the molecule is C[C@]12CC3CC(C(=O)NCCN4CCCCC4)(C1)C[C@](C)(C3)C2. The molecule has 4 bridgehead atoms. The Hall–Kier alpha value is -0.570. The normalized spacial score (nSPS) is 46.1. The monoisotopic (exact) mass is 318 g/mol. The minimum Gasteiger partial charge on any atom is -0.354 e. The highest BCUT2D eigenvalue weighted by Crippen LogP contribution is 2.69. The van der Waals surface area contributed by atoms with E-state index in [-0.39, 0.29) is 5.41 Å². The maximum atomic E-state index is 13.1. The second kappa shape index (κ2) is 5.47. The summed E-state index contributed by atoms with van der Waals surface area (Å²) in [4.78, 5) is 15.6. The zero-order valence-electron chi connectivity index (χ0n) is 15.1. The second-order valence-corrected chi connectivity index (χ2v) is 10.1. The van der Waals surface area contributed by atoms with Crippen LogP contribution in [0.4, 0.5) is 0 Å². The van der Waals surface area contributed by atoms with Gasteiger partial charge in [-0.1, -0.05) is 20.3 Å². The van der Waals surface area contributed by atoms with Gasteiger partial charge in [-0.2, -0.15) is 0 Å². The largest absolute Gasteiger partial charge is 0.354 e. The van der Waals surface area contributed by atoms with Gasteiger partial charge in [0.05, 0.1) is 5.41 Å². The van der Waals surface area contributed by atoms with E-state index in [2.05, 4.69) is 24.1 Å². The summed E-state index contributed by atoms with van der Waals surface area (Å²) in [5.41, 5.74) is 0.821. The Morgan fingerprint density at radius 2 is 1.65 bits per heavy atom. The maximum Gasteiger partial charge on any atom is 0.226 e. The van der Waals surface area contributed by atoms with Crippen LogP contribution in [0.2, 0.25) is 0 Å². The smallest absolute Gasteiger partial charge is 0.226 e. The number of nitrogens with one attached hydrogen (secondary N) is 1. The number of nitrogens with zero attached hydrogens (tertiary/aromatic N) is 1. The minimum atomic E-state index is -0.0369. The van der Waals surface area contributed by atoms with Crippen LogP contribution >= 0.6 is 0 Å². The second-order valence-electron chi connectivity index (χ2n) is 10.1. The summed E-state index contributed by atoms with van der Waals surface area (Å²) in [5, 5.41) is 3.34. The first-order chi connectivity index (χ1) is 10.9. The molecule has 5 aliphatic rings. The molecule has 1 N–H and O–H groups in total. The molecule has 0 aromatic heterocycles. The van der Waals surface area contributed by atoms with Crippen LogP contribution in [0, 0.1) is 22.2 Å². The van der Waals surface area contributed by atoms with E-state index in [0.717, 1.165) is 38.3 Å². The Bertz CT molecular complexity index is 464. The van der Waals surface area contributed by atoms with E-state index in [9.17, 15) is 4.79 Å². The molecule has 1 aliphatic heterocycles. The Balaban J connectivity index is 1.38. The van der Waals surface area contributed by atoms with E-state index in [1.807, 2.05) is 0 Å². The first-order valence-corrected chi connectivity index (χ1v) is 9.91. The molecule has 1 amide bonds. The van der Waals surface area contributed by atoms with Crippen molar-refractivity contribution in [1.82, 2.24) is 10.2 Å². The van der Waals surface area contributed by atoms with E-state index in [4.69, 9.17) is 0 Å². The molecule has 0 aromatic rings. The number of hydrogen-bond acceptors (Lipinski definition) is 2. The Labute approximate surface area is 141 Å². The molecule has 2 atom stereocenters. The van der Waals surface area contributed by atoms with Crippen LogP contribution in [0.5, 0.6) is 0 Å². The highest BCUT2D eigenvalue weighted by atomic mass is 16.2. The summed E-state index contributed by atoms with van der Waals surface area (Å²) in [6, 6.07) is 0. The Kier molecular flexibility index (Phi) is 3.79. The van der Waals surface area contributed by atoms with Crippen LogP contribution in [-0.2, 0) is 4.79 Å². The van der Waals surface area contributed by atoms with Crippen molar-refractivity contribution in [3.05, 3.63) is 0 Å². The first kappa shape index (κ1) is 15.9. The molecule has 5 fully saturated rings. The standard InChI is InChI=1S/C20H34N2O/c1-18-10-16-11-19(2,13-18)15-20(12-16,14-18)17(23)21-6-9-22-7-4-3-5-8-22/h16H,3-15H2,1-2H3,(H,21,23)/t16?,18-,19-,20?/m1/s1. The van der Waals surface area contributed by atoms with Crippen molar-refractivity contribution in [2.24, 2.45) is 22.2 Å². The van der Waals surface area contributed by atoms with Crippen molar-refractivity contribution in [2.45, 2.75) is 71.6 Å². The number of carbonyl (C=O) groups is 1. The third-order valence-corrected chi connectivity index (χ3v) is 7.27. The molecule has 0 aromatic carbocycles. The molecule has 5 rings (SSSR count). The maximum absolute atomic E-state index is 13.1. The fourth-order valence-corrected chi connectivity index (χ4v) is 7.40. The summed E-state index contributed by atoms with van der Waals surface area (Å²) in [6.45, 7) is 9.23.